The maximum atomic E-state index is 6.11. The van der Waals surface area contributed by atoms with Gasteiger partial charge in [-0.05, 0) is 42.5 Å². The van der Waals surface area contributed by atoms with Gasteiger partial charge in [0.2, 0.25) is 0 Å². The number of methoxy groups -OCH3 is 1. The standard InChI is InChI=1S/C12H16ClNO/c1-15-8-9-2-3-11(13)6-10(9)7-12(14)4-5-12/h2-3,6H,4-5,7-8,14H2,1H3. The molecule has 1 aromatic rings. The quantitative estimate of drug-likeness (QED) is 0.855. The number of halogens is 1. The van der Waals surface area contributed by atoms with Crippen LogP contribution in [0.4, 0.5) is 0 Å². The molecule has 82 valence electrons. The Bertz CT molecular complexity index is 361. The van der Waals surface area contributed by atoms with Crippen molar-refractivity contribution >= 4 is 11.6 Å². The van der Waals surface area contributed by atoms with Crippen LogP contribution in [0.3, 0.4) is 0 Å². The molecule has 3 heteroatoms. The van der Waals surface area contributed by atoms with Crippen LogP contribution in [0.5, 0.6) is 0 Å². The number of benzene rings is 1. The summed E-state index contributed by atoms with van der Waals surface area (Å²) in [5.74, 6) is 0. The topological polar surface area (TPSA) is 35.2 Å². The van der Waals surface area contributed by atoms with Gasteiger partial charge in [0.1, 0.15) is 0 Å². The van der Waals surface area contributed by atoms with E-state index >= 15 is 0 Å². The molecule has 15 heavy (non-hydrogen) atoms. The zero-order chi connectivity index (χ0) is 10.9. The molecule has 1 aromatic carbocycles. The fourth-order valence-electron chi connectivity index (χ4n) is 1.77. The maximum absolute atomic E-state index is 6.11. The summed E-state index contributed by atoms with van der Waals surface area (Å²) in [7, 11) is 1.70. The molecular formula is C12H16ClNO. The van der Waals surface area contributed by atoms with E-state index in [1.807, 2.05) is 18.2 Å². The summed E-state index contributed by atoms with van der Waals surface area (Å²) in [5, 5.41) is 0.772. The first kappa shape index (κ1) is 10.9. The highest BCUT2D eigenvalue weighted by Gasteiger charge is 2.38. The largest absolute Gasteiger partial charge is 0.380 e. The Labute approximate surface area is 95.4 Å². The van der Waals surface area contributed by atoms with Crippen molar-refractivity contribution in [3.05, 3.63) is 34.3 Å². The molecule has 1 fully saturated rings. The third-order valence-corrected chi connectivity index (χ3v) is 3.14. The van der Waals surface area contributed by atoms with Gasteiger partial charge in [0.05, 0.1) is 6.61 Å². The zero-order valence-corrected chi connectivity index (χ0v) is 9.68. The average Bonchev–Trinajstić information content (AvgIpc) is 2.89. The maximum Gasteiger partial charge on any atom is 0.0715 e. The molecule has 2 nitrogen and oxygen atoms in total. The molecule has 1 aliphatic rings. The Balaban J connectivity index is 2.21. The normalized spacial score (nSPS) is 17.8. The first-order valence-electron chi connectivity index (χ1n) is 5.18. The van der Waals surface area contributed by atoms with E-state index in [1.54, 1.807) is 7.11 Å². The average molecular weight is 226 g/mol. The van der Waals surface area contributed by atoms with E-state index in [0.29, 0.717) is 6.61 Å². The number of ether oxygens (including phenoxy) is 1. The van der Waals surface area contributed by atoms with Gasteiger partial charge in [0.25, 0.3) is 0 Å². The molecule has 0 heterocycles. The van der Waals surface area contributed by atoms with Crippen molar-refractivity contribution in [1.82, 2.24) is 0 Å². The van der Waals surface area contributed by atoms with Gasteiger partial charge in [-0.2, -0.15) is 0 Å². The van der Waals surface area contributed by atoms with Gasteiger partial charge in [-0.1, -0.05) is 17.7 Å². The highest BCUT2D eigenvalue weighted by Crippen LogP contribution is 2.36. The minimum atomic E-state index is 0.0210. The van der Waals surface area contributed by atoms with Crippen LogP contribution < -0.4 is 5.73 Å². The predicted octanol–water partition coefficient (Wildman–Crippen LogP) is 2.52. The van der Waals surface area contributed by atoms with Crippen molar-refractivity contribution in [2.24, 2.45) is 5.73 Å². The minimum Gasteiger partial charge on any atom is -0.380 e. The van der Waals surface area contributed by atoms with Crippen molar-refractivity contribution in [1.29, 1.82) is 0 Å². The molecule has 0 spiro atoms. The summed E-state index contributed by atoms with van der Waals surface area (Å²) >= 11 is 5.98. The highest BCUT2D eigenvalue weighted by atomic mass is 35.5. The van der Waals surface area contributed by atoms with Crippen LogP contribution in [0.2, 0.25) is 5.02 Å². The molecule has 0 atom stereocenters. The van der Waals surface area contributed by atoms with E-state index in [0.717, 1.165) is 24.3 Å². The fraction of sp³-hybridized carbons (Fsp3) is 0.500. The lowest BCUT2D eigenvalue weighted by Gasteiger charge is -2.13. The van der Waals surface area contributed by atoms with Gasteiger partial charge in [-0.3, -0.25) is 0 Å². The van der Waals surface area contributed by atoms with E-state index in [1.165, 1.54) is 11.1 Å². The van der Waals surface area contributed by atoms with Crippen LogP contribution in [-0.4, -0.2) is 12.6 Å². The van der Waals surface area contributed by atoms with Crippen LogP contribution in [0.25, 0.3) is 0 Å². The summed E-state index contributed by atoms with van der Waals surface area (Å²) in [4.78, 5) is 0. The molecule has 0 radical (unpaired) electrons. The van der Waals surface area contributed by atoms with Gasteiger partial charge in [0.15, 0.2) is 0 Å². The van der Waals surface area contributed by atoms with Gasteiger partial charge >= 0.3 is 0 Å². The summed E-state index contributed by atoms with van der Waals surface area (Å²) < 4.78 is 5.16. The number of hydrogen-bond donors (Lipinski definition) is 1. The molecule has 1 aliphatic carbocycles. The first-order valence-corrected chi connectivity index (χ1v) is 5.56. The number of nitrogens with two attached hydrogens (primary N) is 1. The van der Waals surface area contributed by atoms with Gasteiger partial charge in [-0.15, -0.1) is 0 Å². The van der Waals surface area contributed by atoms with E-state index < -0.39 is 0 Å². The number of rotatable bonds is 4. The molecule has 0 amide bonds. The van der Waals surface area contributed by atoms with E-state index in [-0.39, 0.29) is 5.54 Å². The Kier molecular flexibility index (Phi) is 3.01. The van der Waals surface area contributed by atoms with Crippen molar-refractivity contribution in [2.75, 3.05) is 7.11 Å². The molecular weight excluding hydrogens is 210 g/mol. The van der Waals surface area contributed by atoms with E-state index in [2.05, 4.69) is 0 Å². The molecule has 1 saturated carbocycles. The van der Waals surface area contributed by atoms with Crippen LogP contribution in [0.15, 0.2) is 18.2 Å². The van der Waals surface area contributed by atoms with Crippen molar-refractivity contribution in [3.63, 3.8) is 0 Å². The summed E-state index contributed by atoms with van der Waals surface area (Å²) in [5.41, 5.74) is 8.55. The van der Waals surface area contributed by atoms with Gasteiger partial charge in [-0.25, -0.2) is 0 Å². The Morgan fingerprint density at radius 2 is 2.13 bits per heavy atom. The summed E-state index contributed by atoms with van der Waals surface area (Å²) in [6.45, 7) is 0.628. The molecule has 0 bridgehead atoms. The van der Waals surface area contributed by atoms with Crippen molar-refractivity contribution < 1.29 is 4.74 Å². The van der Waals surface area contributed by atoms with Gasteiger partial charge < -0.3 is 10.5 Å². The lowest BCUT2D eigenvalue weighted by Crippen LogP contribution is -2.25. The third-order valence-electron chi connectivity index (χ3n) is 2.90. The van der Waals surface area contributed by atoms with Crippen LogP contribution in [0, 0.1) is 0 Å². The second-order valence-corrected chi connectivity index (χ2v) is 4.82. The van der Waals surface area contributed by atoms with Crippen LogP contribution in [0.1, 0.15) is 24.0 Å². The molecule has 0 aromatic heterocycles. The smallest absolute Gasteiger partial charge is 0.0715 e. The number of hydrogen-bond acceptors (Lipinski definition) is 2. The van der Waals surface area contributed by atoms with Crippen LogP contribution in [-0.2, 0) is 17.8 Å². The third kappa shape index (κ3) is 2.71. The SMILES string of the molecule is COCc1ccc(Cl)cc1CC1(N)CC1. The summed E-state index contributed by atoms with van der Waals surface area (Å²) in [6.07, 6.45) is 3.14. The lowest BCUT2D eigenvalue weighted by atomic mass is 10.00. The lowest BCUT2D eigenvalue weighted by molar-refractivity contribution is 0.184. The molecule has 2 N–H and O–H groups in total. The van der Waals surface area contributed by atoms with Crippen molar-refractivity contribution in [2.45, 2.75) is 31.4 Å². The second-order valence-electron chi connectivity index (χ2n) is 4.39. The zero-order valence-electron chi connectivity index (χ0n) is 8.92. The second kappa shape index (κ2) is 4.12. The monoisotopic (exact) mass is 225 g/mol. The highest BCUT2D eigenvalue weighted by molar-refractivity contribution is 6.30. The fourth-order valence-corrected chi connectivity index (χ4v) is 1.97. The Hall–Kier alpha value is -0.570. The molecule has 0 aliphatic heterocycles. The first-order chi connectivity index (χ1) is 7.13. The Morgan fingerprint density at radius 1 is 1.40 bits per heavy atom. The minimum absolute atomic E-state index is 0.0210. The van der Waals surface area contributed by atoms with Gasteiger partial charge in [0, 0.05) is 17.7 Å². The van der Waals surface area contributed by atoms with Crippen LogP contribution >= 0.6 is 11.6 Å². The van der Waals surface area contributed by atoms with E-state index in [9.17, 15) is 0 Å². The molecule has 0 saturated heterocycles. The summed E-state index contributed by atoms with van der Waals surface area (Å²) in [6, 6.07) is 5.92. The molecule has 0 unspecified atom stereocenters. The van der Waals surface area contributed by atoms with Crippen molar-refractivity contribution in [3.8, 4) is 0 Å². The molecule has 2 rings (SSSR count). The van der Waals surface area contributed by atoms with E-state index in [4.69, 9.17) is 22.1 Å². The predicted molar refractivity (Wildman–Crippen MR) is 62.0 cm³/mol. The Morgan fingerprint density at radius 3 is 2.73 bits per heavy atom.